The fourth-order valence-corrected chi connectivity index (χ4v) is 4.34. The van der Waals surface area contributed by atoms with Crippen molar-refractivity contribution in [3.63, 3.8) is 0 Å². The number of fused-ring (bicyclic) bond motifs is 1. The summed E-state index contributed by atoms with van der Waals surface area (Å²) in [5, 5.41) is 6.23. The van der Waals surface area contributed by atoms with Crippen molar-refractivity contribution in [2.45, 2.75) is 26.2 Å². The summed E-state index contributed by atoms with van der Waals surface area (Å²) in [6.45, 7) is 1.96. The normalized spacial score (nSPS) is 10.7. The maximum absolute atomic E-state index is 12.3. The van der Waals surface area contributed by atoms with E-state index in [1.165, 1.54) is 11.3 Å². The van der Waals surface area contributed by atoms with Gasteiger partial charge in [-0.2, -0.15) is 0 Å². The van der Waals surface area contributed by atoms with Crippen LogP contribution in [0, 0.1) is 0 Å². The lowest BCUT2D eigenvalue weighted by Gasteiger charge is -2.09. The van der Waals surface area contributed by atoms with Crippen molar-refractivity contribution in [3.05, 3.63) is 83.9 Å². The van der Waals surface area contributed by atoms with Gasteiger partial charge in [0.25, 0.3) is 5.91 Å². The monoisotopic (exact) mass is 459 g/mol. The van der Waals surface area contributed by atoms with Crippen LogP contribution in [0.3, 0.4) is 0 Å². The number of benzene rings is 3. The maximum Gasteiger partial charge on any atom is 0.264 e. The molecular formula is C26H25N3O3S. The van der Waals surface area contributed by atoms with Gasteiger partial charge in [0.15, 0.2) is 11.7 Å². The first-order valence-electron chi connectivity index (χ1n) is 10.9. The maximum atomic E-state index is 12.3. The molecule has 0 aliphatic carbocycles. The molecule has 0 fully saturated rings. The van der Waals surface area contributed by atoms with E-state index in [2.05, 4.69) is 15.6 Å². The molecule has 1 heterocycles. The third-order valence-corrected chi connectivity index (χ3v) is 6.05. The van der Waals surface area contributed by atoms with Crippen molar-refractivity contribution in [2.75, 3.05) is 17.2 Å². The molecule has 0 aliphatic heterocycles. The Labute approximate surface area is 196 Å². The van der Waals surface area contributed by atoms with Gasteiger partial charge >= 0.3 is 0 Å². The molecule has 7 heteroatoms. The number of anilines is 2. The molecule has 1 aromatic heterocycles. The number of rotatable bonds is 9. The summed E-state index contributed by atoms with van der Waals surface area (Å²) in [6.07, 6.45) is 1.93. The zero-order chi connectivity index (χ0) is 23.0. The first-order valence-corrected chi connectivity index (χ1v) is 11.7. The molecule has 0 aliphatic rings. The second-order valence-electron chi connectivity index (χ2n) is 7.53. The molecule has 0 radical (unpaired) electrons. The number of ether oxygens (including phenoxy) is 1. The Morgan fingerprint density at radius 3 is 2.55 bits per heavy atom. The standard InChI is InChI=1S/C26H25N3O3S/c1-2-19-10-6-7-11-22(19)32-17-25(31)29-26-28-21-14-13-20(16-23(21)33-26)27-24(30)15-12-18-8-4-3-5-9-18/h3-11,13-14,16H,2,12,15,17H2,1H3,(H,27,30)(H,28,29,31). The number of aryl methyl sites for hydroxylation is 2. The number of thiazole rings is 1. The van der Waals surface area contributed by atoms with Crippen molar-refractivity contribution >= 4 is 44.2 Å². The highest BCUT2D eigenvalue weighted by Gasteiger charge is 2.11. The van der Waals surface area contributed by atoms with Crippen molar-refractivity contribution < 1.29 is 14.3 Å². The zero-order valence-electron chi connectivity index (χ0n) is 18.3. The second kappa shape index (κ2) is 10.7. The molecule has 0 spiro atoms. The van der Waals surface area contributed by atoms with Crippen LogP contribution in [-0.2, 0) is 22.4 Å². The van der Waals surface area contributed by atoms with Crippen molar-refractivity contribution in [1.82, 2.24) is 4.98 Å². The predicted octanol–water partition coefficient (Wildman–Crippen LogP) is 5.45. The molecule has 4 aromatic rings. The minimum atomic E-state index is -0.269. The summed E-state index contributed by atoms with van der Waals surface area (Å²) in [6, 6.07) is 23.1. The van der Waals surface area contributed by atoms with Gasteiger partial charge in [-0.15, -0.1) is 0 Å². The number of para-hydroxylation sites is 1. The van der Waals surface area contributed by atoms with E-state index in [1.807, 2.05) is 79.7 Å². The van der Waals surface area contributed by atoms with E-state index in [4.69, 9.17) is 4.74 Å². The van der Waals surface area contributed by atoms with Gasteiger partial charge in [0, 0.05) is 12.1 Å². The molecule has 0 saturated heterocycles. The molecule has 0 atom stereocenters. The number of nitrogens with zero attached hydrogens (tertiary/aromatic N) is 1. The van der Waals surface area contributed by atoms with Gasteiger partial charge in [0.1, 0.15) is 5.75 Å². The van der Waals surface area contributed by atoms with Crippen LogP contribution in [0.1, 0.15) is 24.5 Å². The lowest BCUT2D eigenvalue weighted by Crippen LogP contribution is -2.20. The summed E-state index contributed by atoms with van der Waals surface area (Å²) >= 11 is 1.36. The summed E-state index contributed by atoms with van der Waals surface area (Å²) in [5.74, 6) is 0.405. The Balaban J connectivity index is 1.32. The highest BCUT2D eigenvalue weighted by molar-refractivity contribution is 7.22. The fourth-order valence-electron chi connectivity index (χ4n) is 3.42. The van der Waals surface area contributed by atoms with Crippen LogP contribution < -0.4 is 15.4 Å². The highest BCUT2D eigenvalue weighted by Crippen LogP contribution is 2.28. The topological polar surface area (TPSA) is 80.3 Å². The molecule has 0 unspecified atom stereocenters. The van der Waals surface area contributed by atoms with Crippen LogP contribution in [0.15, 0.2) is 72.8 Å². The minimum Gasteiger partial charge on any atom is -0.483 e. The van der Waals surface area contributed by atoms with Crippen molar-refractivity contribution in [2.24, 2.45) is 0 Å². The molecule has 3 aromatic carbocycles. The Morgan fingerprint density at radius 1 is 0.939 bits per heavy atom. The summed E-state index contributed by atoms with van der Waals surface area (Å²) in [4.78, 5) is 29.1. The SMILES string of the molecule is CCc1ccccc1OCC(=O)Nc1nc2ccc(NC(=O)CCc3ccccc3)cc2s1. The molecule has 0 saturated carbocycles. The lowest BCUT2D eigenvalue weighted by atomic mass is 10.1. The summed E-state index contributed by atoms with van der Waals surface area (Å²) in [5.41, 5.74) is 3.66. The van der Waals surface area contributed by atoms with Gasteiger partial charge in [-0.3, -0.25) is 14.9 Å². The number of carbonyl (C=O) groups excluding carboxylic acids is 2. The van der Waals surface area contributed by atoms with E-state index < -0.39 is 0 Å². The molecule has 168 valence electrons. The highest BCUT2D eigenvalue weighted by atomic mass is 32.1. The van der Waals surface area contributed by atoms with E-state index in [1.54, 1.807) is 0 Å². The number of carbonyl (C=O) groups is 2. The van der Waals surface area contributed by atoms with E-state index in [0.29, 0.717) is 29.4 Å². The van der Waals surface area contributed by atoms with Crippen molar-refractivity contribution in [1.29, 1.82) is 0 Å². The summed E-state index contributed by atoms with van der Waals surface area (Å²) < 4.78 is 6.55. The number of hydrogen-bond donors (Lipinski definition) is 2. The average Bonchev–Trinajstić information content (AvgIpc) is 3.23. The van der Waals surface area contributed by atoms with Gasteiger partial charge in [-0.1, -0.05) is 66.8 Å². The third-order valence-electron chi connectivity index (χ3n) is 5.11. The van der Waals surface area contributed by atoms with Crippen LogP contribution in [0.4, 0.5) is 10.8 Å². The van der Waals surface area contributed by atoms with E-state index >= 15 is 0 Å². The first-order chi connectivity index (χ1) is 16.1. The van der Waals surface area contributed by atoms with Crippen LogP contribution in [0.25, 0.3) is 10.2 Å². The van der Waals surface area contributed by atoms with E-state index in [-0.39, 0.29) is 18.4 Å². The molecule has 2 N–H and O–H groups in total. The zero-order valence-corrected chi connectivity index (χ0v) is 19.2. The summed E-state index contributed by atoms with van der Waals surface area (Å²) in [7, 11) is 0. The average molecular weight is 460 g/mol. The Hall–Kier alpha value is -3.71. The minimum absolute atomic E-state index is 0.0410. The number of amides is 2. The van der Waals surface area contributed by atoms with E-state index in [9.17, 15) is 9.59 Å². The largest absolute Gasteiger partial charge is 0.483 e. The second-order valence-corrected chi connectivity index (χ2v) is 8.56. The van der Waals surface area contributed by atoms with Gasteiger partial charge in [0.2, 0.25) is 5.91 Å². The predicted molar refractivity (Wildman–Crippen MR) is 133 cm³/mol. The van der Waals surface area contributed by atoms with E-state index in [0.717, 1.165) is 27.8 Å². The smallest absolute Gasteiger partial charge is 0.264 e. The van der Waals surface area contributed by atoms with Gasteiger partial charge in [0.05, 0.1) is 10.2 Å². The molecule has 2 amide bonds. The number of aromatic nitrogens is 1. The molecule has 33 heavy (non-hydrogen) atoms. The number of hydrogen-bond acceptors (Lipinski definition) is 5. The molecule has 0 bridgehead atoms. The van der Waals surface area contributed by atoms with Gasteiger partial charge in [-0.05, 0) is 48.2 Å². The van der Waals surface area contributed by atoms with Crippen LogP contribution in [0.2, 0.25) is 0 Å². The Kier molecular flexibility index (Phi) is 7.32. The van der Waals surface area contributed by atoms with Crippen LogP contribution in [0.5, 0.6) is 5.75 Å². The van der Waals surface area contributed by atoms with Crippen LogP contribution in [-0.4, -0.2) is 23.4 Å². The van der Waals surface area contributed by atoms with Crippen molar-refractivity contribution in [3.8, 4) is 5.75 Å². The molecule has 4 rings (SSSR count). The lowest BCUT2D eigenvalue weighted by molar-refractivity contribution is -0.118. The third kappa shape index (κ3) is 6.17. The van der Waals surface area contributed by atoms with Crippen LogP contribution >= 0.6 is 11.3 Å². The first kappa shape index (κ1) is 22.5. The Morgan fingerprint density at radius 2 is 1.73 bits per heavy atom. The molecule has 6 nitrogen and oxygen atoms in total. The quantitative estimate of drug-likeness (QED) is 0.349. The molecular weight excluding hydrogens is 434 g/mol. The Bertz CT molecular complexity index is 1250. The number of nitrogens with one attached hydrogen (secondary N) is 2. The fraction of sp³-hybridized carbons (Fsp3) is 0.192. The van der Waals surface area contributed by atoms with Gasteiger partial charge < -0.3 is 10.1 Å². The van der Waals surface area contributed by atoms with Gasteiger partial charge in [-0.25, -0.2) is 4.98 Å².